The number of hydrogen-bond donors (Lipinski definition) is 0. The topological polar surface area (TPSA) is 55.2 Å². The van der Waals surface area contributed by atoms with Gasteiger partial charge in [0.05, 0.1) is 6.54 Å². The van der Waals surface area contributed by atoms with Crippen molar-refractivity contribution in [3.63, 3.8) is 0 Å². The lowest BCUT2D eigenvalue weighted by Gasteiger charge is -2.24. The average molecular weight is 311 g/mol. The maximum absolute atomic E-state index is 12.6. The molecule has 0 N–H and O–H groups in total. The Morgan fingerprint density at radius 1 is 1.26 bits per heavy atom. The first kappa shape index (κ1) is 15.5. The average Bonchev–Trinajstić information content (AvgIpc) is 3.41. The Morgan fingerprint density at radius 3 is 2.61 bits per heavy atom. The number of aromatic nitrogens is 2. The summed E-state index contributed by atoms with van der Waals surface area (Å²) in [5, 5.41) is 4.26. The number of rotatable bonds is 5. The molecular weight excluding hydrogens is 290 g/mol. The van der Waals surface area contributed by atoms with Crippen molar-refractivity contribution in [2.75, 3.05) is 7.05 Å². The van der Waals surface area contributed by atoms with E-state index in [-0.39, 0.29) is 17.5 Å². The highest BCUT2D eigenvalue weighted by Crippen LogP contribution is 2.34. The fraction of sp³-hybridized carbons (Fsp3) is 0.389. The third-order valence-corrected chi connectivity index (χ3v) is 4.50. The second-order valence-corrected chi connectivity index (χ2v) is 6.19. The Morgan fingerprint density at radius 2 is 1.96 bits per heavy atom. The largest absolute Gasteiger partial charge is 0.337 e. The Balaban J connectivity index is 1.82. The first-order valence-electron chi connectivity index (χ1n) is 7.95. The van der Waals surface area contributed by atoms with Crippen LogP contribution in [0.15, 0.2) is 47.3 Å². The molecule has 5 heteroatoms. The van der Waals surface area contributed by atoms with Gasteiger partial charge in [0, 0.05) is 19.2 Å². The first-order valence-corrected chi connectivity index (χ1v) is 7.95. The van der Waals surface area contributed by atoms with Crippen molar-refractivity contribution in [1.29, 1.82) is 0 Å². The molecule has 1 unspecified atom stereocenters. The van der Waals surface area contributed by atoms with Gasteiger partial charge in [0.25, 0.3) is 11.5 Å². The third kappa shape index (κ3) is 3.50. The summed E-state index contributed by atoms with van der Waals surface area (Å²) in [6.07, 6.45) is 2.36. The first-order chi connectivity index (χ1) is 11.1. The van der Waals surface area contributed by atoms with Crippen molar-refractivity contribution in [1.82, 2.24) is 14.7 Å². The Labute approximate surface area is 135 Å². The van der Waals surface area contributed by atoms with Gasteiger partial charge < -0.3 is 4.90 Å². The summed E-state index contributed by atoms with van der Waals surface area (Å²) < 4.78 is 1.35. The van der Waals surface area contributed by atoms with Crippen LogP contribution in [0.1, 0.15) is 35.8 Å². The van der Waals surface area contributed by atoms with Gasteiger partial charge in [0.1, 0.15) is 5.69 Å². The summed E-state index contributed by atoms with van der Waals surface area (Å²) in [5.41, 5.74) is 1.09. The van der Waals surface area contributed by atoms with Crippen molar-refractivity contribution in [3.05, 3.63) is 64.1 Å². The van der Waals surface area contributed by atoms with E-state index in [1.807, 2.05) is 30.3 Å². The van der Waals surface area contributed by atoms with Crippen molar-refractivity contribution in [2.24, 2.45) is 5.92 Å². The molecule has 0 bridgehead atoms. The van der Waals surface area contributed by atoms with Gasteiger partial charge in [-0.05, 0) is 37.3 Å². The maximum atomic E-state index is 12.6. The predicted molar refractivity (Wildman–Crippen MR) is 88.3 cm³/mol. The van der Waals surface area contributed by atoms with E-state index in [2.05, 4.69) is 12.0 Å². The van der Waals surface area contributed by atoms with Crippen LogP contribution in [-0.4, -0.2) is 33.7 Å². The fourth-order valence-electron chi connectivity index (χ4n) is 2.69. The highest BCUT2D eigenvalue weighted by molar-refractivity contribution is 5.92. The van der Waals surface area contributed by atoms with Gasteiger partial charge in [-0.2, -0.15) is 5.10 Å². The van der Waals surface area contributed by atoms with Crippen LogP contribution in [0.3, 0.4) is 0 Å². The molecule has 1 aromatic heterocycles. The van der Waals surface area contributed by atoms with Crippen LogP contribution in [0.5, 0.6) is 0 Å². The predicted octanol–water partition coefficient (Wildman–Crippen LogP) is 2.16. The summed E-state index contributed by atoms with van der Waals surface area (Å²) in [5.74, 6) is 0.463. The van der Waals surface area contributed by atoms with Crippen molar-refractivity contribution >= 4 is 5.91 Å². The monoisotopic (exact) mass is 311 g/mol. The second-order valence-electron chi connectivity index (χ2n) is 6.19. The minimum atomic E-state index is -0.205. The van der Waals surface area contributed by atoms with Crippen LogP contribution in [0.4, 0.5) is 0 Å². The normalized spacial score (nSPS) is 15.2. The molecule has 1 aliphatic rings. The van der Waals surface area contributed by atoms with E-state index in [0.717, 1.165) is 5.56 Å². The molecule has 5 nitrogen and oxygen atoms in total. The number of hydrogen-bond acceptors (Lipinski definition) is 3. The summed E-state index contributed by atoms with van der Waals surface area (Å²) in [4.78, 5) is 26.3. The summed E-state index contributed by atoms with van der Waals surface area (Å²) in [6, 6.07) is 12.8. The zero-order chi connectivity index (χ0) is 16.4. The molecule has 1 heterocycles. The van der Waals surface area contributed by atoms with Crippen molar-refractivity contribution < 1.29 is 4.79 Å². The molecule has 120 valence electrons. The van der Waals surface area contributed by atoms with Gasteiger partial charge in [-0.3, -0.25) is 9.59 Å². The van der Waals surface area contributed by atoms with E-state index in [9.17, 15) is 9.59 Å². The Hall–Kier alpha value is -2.43. The molecule has 1 fully saturated rings. The van der Waals surface area contributed by atoms with Crippen LogP contribution in [0.2, 0.25) is 0 Å². The summed E-state index contributed by atoms with van der Waals surface area (Å²) in [7, 11) is 1.81. The summed E-state index contributed by atoms with van der Waals surface area (Å²) in [6.45, 7) is 2.43. The molecule has 3 rings (SSSR count). The molecule has 1 atom stereocenters. The molecule has 23 heavy (non-hydrogen) atoms. The lowest BCUT2D eigenvalue weighted by Crippen LogP contribution is -2.38. The van der Waals surface area contributed by atoms with Crippen LogP contribution < -0.4 is 5.56 Å². The number of nitrogens with zero attached hydrogens (tertiary/aromatic N) is 3. The zero-order valence-electron chi connectivity index (χ0n) is 13.5. The van der Waals surface area contributed by atoms with Gasteiger partial charge in [-0.1, -0.05) is 30.3 Å². The minimum Gasteiger partial charge on any atom is -0.337 e. The number of benzene rings is 1. The molecule has 0 spiro atoms. The minimum absolute atomic E-state index is 0.133. The van der Waals surface area contributed by atoms with E-state index in [0.29, 0.717) is 18.2 Å². The second kappa shape index (κ2) is 6.36. The van der Waals surface area contributed by atoms with Gasteiger partial charge in [0.15, 0.2) is 0 Å². The van der Waals surface area contributed by atoms with Gasteiger partial charge in [-0.15, -0.1) is 0 Å². The molecule has 1 aromatic carbocycles. The van der Waals surface area contributed by atoms with E-state index in [1.165, 1.54) is 29.7 Å². The SMILES string of the molecule is CC(C1CC1)N(C)C(=O)c1ccc(=O)n(Cc2ccccc2)n1. The lowest BCUT2D eigenvalue weighted by molar-refractivity contribution is 0.0718. The van der Waals surface area contributed by atoms with Crippen LogP contribution in [0.25, 0.3) is 0 Å². The van der Waals surface area contributed by atoms with E-state index in [4.69, 9.17) is 0 Å². The Kier molecular flexibility index (Phi) is 4.28. The molecule has 0 aliphatic heterocycles. The molecule has 2 aromatic rings. The molecule has 1 amide bonds. The van der Waals surface area contributed by atoms with E-state index in [1.54, 1.807) is 11.9 Å². The van der Waals surface area contributed by atoms with E-state index < -0.39 is 0 Å². The molecule has 1 aliphatic carbocycles. The number of amides is 1. The molecule has 0 saturated heterocycles. The third-order valence-electron chi connectivity index (χ3n) is 4.50. The van der Waals surface area contributed by atoms with Gasteiger partial charge >= 0.3 is 0 Å². The Bertz CT molecular complexity index is 750. The van der Waals surface area contributed by atoms with Crippen LogP contribution in [-0.2, 0) is 6.54 Å². The zero-order valence-corrected chi connectivity index (χ0v) is 13.5. The lowest BCUT2D eigenvalue weighted by atomic mass is 10.2. The van der Waals surface area contributed by atoms with E-state index >= 15 is 0 Å². The summed E-state index contributed by atoms with van der Waals surface area (Å²) >= 11 is 0. The molecule has 0 radical (unpaired) electrons. The highest BCUT2D eigenvalue weighted by Gasteiger charge is 2.33. The number of carbonyl (C=O) groups excluding carboxylic acids is 1. The molecular formula is C18H21N3O2. The van der Waals surface area contributed by atoms with Crippen LogP contribution >= 0.6 is 0 Å². The van der Waals surface area contributed by atoms with Crippen molar-refractivity contribution in [3.8, 4) is 0 Å². The van der Waals surface area contributed by atoms with Gasteiger partial charge in [-0.25, -0.2) is 4.68 Å². The molecule has 1 saturated carbocycles. The standard InChI is InChI=1S/C18H21N3O2/c1-13(15-8-9-15)20(2)18(23)16-10-11-17(22)21(19-16)12-14-6-4-3-5-7-14/h3-7,10-11,13,15H,8-9,12H2,1-2H3. The highest BCUT2D eigenvalue weighted by atomic mass is 16.2. The number of carbonyl (C=O) groups is 1. The quantitative estimate of drug-likeness (QED) is 0.850. The fourth-order valence-corrected chi connectivity index (χ4v) is 2.69. The smallest absolute Gasteiger partial charge is 0.274 e. The van der Waals surface area contributed by atoms with Crippen LogP contribution in [0, 0.1) is 5.92 Å². The van der Waals surface area contributed by atoms with Gasteiger partial charge in [0.2, 0.25) is 0 Å². The maximum Gasteiger partial charge on any atom is 0.274 e. The van der Waals surface area contributed by atoms with Crippen molar-refractivity contribution in [2.45, 2.75) is 32.4 Å².